The number of nitrogens with zero attached hydrogens (tertiary/aromatic N) is 2. The maximum atomic E-state index is 5.99. The SMILES string of the molecule is Clc1ccc(-c2cc(-c3ccsc3)c(-n3ccnc3)s2)cc1. The van der Waals surface area contributed by atoms with E-state index in [1.165, 1.54) is 26.6 Å². The van der Waals surface area contributed by atoms with E-state index in [4.69, 9.17) is 11.6 Å². The minimum Gasteiger partial charge on any atom is -0.297 e. The molecule has 0 fully saturated rings. The van der Waals surface area contributed by atoms with Gasteiger partial charge in [0, 0.05) is 27.9 Å². The van der Waals surface area contributed by atoms with E-state index in [0.717, 1.165) is 5.02 Å². The van der Waals surface area contributed by atoms with Gasteiger partial charge in [0.1, 0.15) is 5.00 Å². The summed E-state index contributed by atoms with van der Waals surface area (Å²) in [6, 6.07) is 12.4. The molecule has 0 spiro atoms. The van der Waals surface area contributed by atoms with E-state index in [2.05, 4.69) is 44.6 Å². The van der Waals surface area contributed by atoms with Crippen LogP contribution in [0.4, 0.5) is 0 Å². The van der Waals surface area contributed by atoms with Crippen molar-refractivity contribution in [3.05, 3.63) is 70.9 Å². The highest BCUT2D eigenvalue weighted by molar-refractivity contribution is 7.18. The van der Waals surface area contributed by atoms with Crippen LogP contribution in [0.3, 0.4) is 0 Å². The highest BCUT2D eigenvalue weighted by Gasteiger charge is 2.14. The summed E-state index contributed by atoms with van der Waals surface area (Å²) in [5.41, 5.74) is 3.65. The first-order valence-corrected chi connectivity index (χ1v) is 8.86. The Kier molecular flexibility index (Phi) is 3.58. The monoisotopic (exact) mass is 342 g/mol. The summed E-state index contributed by atoms with van der Waals surface area (Å²) in [5, 5.41) is 6.22. The number of rotatable bonds is 3. The van der Waals surface area contributed by atoms with Crippen LogP contribution in [0.1, 0.15) is 0 Å². The fourth-order valence-corrected chi connectivity index (χ4v) is 4.25. The van der Waals surface area contributed by atoms with Crippen LogP contribution in [0.5, 0.6) is 0 Å². The lowest BCUT2D eigenvalue weighted by Gasteiger charge is -2.01. The van der Waals surface area contributed by atoms with Crippen molar-refractivity contribution in [3.8, 4) is 26.6 Å². The number of hydrogen-bond donors (Lipinski definition) is 0. The summed E-state index contributed by atoms with van der Waals surface area (Å²) >= 11 is 9.46. The van der Waals surface area contributed by atoms with Crippen molar-refractivity contribution in [2.24, 2.45) is 0 Å². The Morgan fingerprint density at radius 3 is 2.59 bits per heavy atom. The lowest BCUT2D eigenvalue weighted by molar-refractivity contribution is 1.09. The summed E-state index contributed by atoms with van der Waals surface area (Å²) in [7, 11) is 0. The van der Waals surface area contributed by atoms with Gasteiger partial charge in [-0.3, -0.25) is 4.57 Å². The van der Waals surface area contributed by atoms with E-state index in [9.17, 15) is 0 Å². The van der Waals surface area contributed by atoms with Gasteiger partial charge in [0.05, 0.1) is 6.33 Å². The Bertz CT molecular complexity index is 824. The first kappa shape index (κ1) is 13.8. The second kappa shape index (κ2) is 5.72. The molecule has 0 saturated heterocycles. The topological polar surface area (TPSA) is 17.8 Å². The second-order valence-corrected chi connectivity index (χ2v) is 7.07. The molecule has 0 bridgehead atoms. The third-order valence-corrected chi connectivity index (χ3v) is 5.55. The van der Waals surface area contributed by atoms with E-state index in [1.807, 2.05) is 24.7 Å². The standard InChI is InChI=1S/C17H11ClN2S2/c18-14-3-1-12(2-4-14)16-9-15(13-5-8-21-10-13)17(22-16)20-7-6-19-11-20/h1-11H. The summed E-state index contributed by atoms with van der Waals surface area (Å²) < 4.78 is 2.07. The van der Waals surface area contributed by atoms with Crippen molar-refractivity contribution in [1.29, 1.82) is 0 Å². The van der Waals surface area contributed by atoms with E-state index >= 15 is 0 Å². The van der Waals surface area contributed by atoms with Crippen LogP contribution in [0, 0.1) is 0 Å². The van der Waals surface area contributed by atoms with E-state index in [1.54, 1.807) is 28.9 Å². The molecule has 108 valence electrons. The average molecular weight is 343 g/mol. The van der Waals surface area contributed by atoms with Crippen LogP contribution in [0.25, 0.3) is 26.6 Å². The van der Waals surface area contributed by atoms with Crippen molar-refractivity contribution >= 4 is 34.3 Å². The molecule has 0 N–H and O–H groups in total. The normalized spacial score (nSPS) is 11.0. The van der Waals surface area contributed by atoms with E-state index in [0.29, 0.717) is 0 Å². The van der Waals surface area contributed by atoms with Crippen molar-refractivity contribution < 1.29 is 0 Å². The predicted octanol–water partition coefficient (Wildman–Crippen LogP) is 5.98. The smallest absolute Gasteiger partial charge is 0.109 e. The predicted molar refractivity (Wildman–Crippen MR) is 95.2 cm³/mol. The largest absolute Gasteiger partial charge is 0.297 e. The molecule has 1 aromatic carbocycles. The molecule has 0 atom stereocenters. The maximum absolute atomic E-state index is 5.99. The zero-order chi connectivity index (χ0) is 14.9. The van der Waals surface area contributed by atoms with Crippen molar-refractivity contribution in [2.75, 3.05) is 0 Å². The number of thiophene rings is 2. The quantitative estimate of drug-likeness (QED) is 0.447. The lowest BCUT2D eigenvalue weighted by Crippen LogP contribution is -1.87. The molecule has 0 amide bonds. The Morgan fingerprint density at radius 2 is 1.91 bits per heavy atom. The van der Waals surface area contributed by atoms with Gasteiger partial charge < -0.3 is 0 Å². The van der Waals surface area contributed by atoms with Gasteiger partial charge in [0.15, 0.2) is 0 Å². The highest BCUT2D eigenvalue weighted by Crippen LogP contribution is 2.40. The van der Waals surface area contributed by atoms with Gasteiger partial charge >= 0.3 is 0 Å². The molecular formula is C17H11ClN2S2. The van der Waals surface area contributed by atoms with Crippen LogP contribution >= 0.6 is 34.3 Å². The first-order chi connectivity index (χ1) is 10.8. The summed E-state index contributed by atoms with van der Waals surface area (Å²) in [6.45, 7) is 0. The zero-order valence-corrected chi connectivity index (χ0v) is 13.8. The average Bonchev–Trinajstić information content (AvgIpc) is 3.27. The number of aromatic nitrogens is 2. The summed E-state index contributed by atoms with van der Waals surface area (Å²) in [5.74, 6) is 0. The minimum atomic E-state index is 0.758. The third-order valence-electron chi connectivity index (χ3n) is 3.41. The van der Waals surface area contributed by atoms with Gasteiger partial charge in [0.2, 0.25) is 0 Å². The second-order valence-electron chi connectivity index (χ2n) is 4.82. The fourth-order valence-electron chi connectivity index (χ4n) is 2.33. The van der Waals surface area contributed by atoms with Crippen LogP contribution in [0.2, 0.25) is 5.02 Å². The molecule has 0 aliphatic heterocycles. The zero-order valence-electron chi connectivity index (χ0n) is 11.4. The first-order valence-electron chi connectivity index (χ1n) is 6.72. The molecule has 3 heterocycles. The molecule has 5 heteroatoms. The van der Waals surface area contributed by atoms with Gasteiger partial charge in [-0.1, -0.05) is 23.7 Å². The van der Waals surface area contributed by atoms with Gasteiger partial charge in [-0.15, -0.1) is 11.3 Å². The molecule has 0 unspecified atom stereocenters. The van der Waals surface area contributed by atoms with Crippen LogP contribution in [-0.2, 0) is 0 Å². The van der Waals surface area contributed by atoms with E-state index in [-0.39, 0.29) is 0 Å². The molecule has 2 nitrogen and oxygen atoms in total. The molecule has 0 radical (unpaired) electrons. The lowest BCUT2D eigenvalue weighted by atomic mass is 10.1. The molecule has 4 rings (SSSR count). The number of halogens is 1. The minimum absolute atomic E-state index is 0.758. The van der Waals surface area contributed by atoms with Crippen molar-refractivity contribution in [2.45, 2.75) is 0 Å². The van der Waals surface area contributed by atoms with Gasteiger partial charge in [-0.2, -0.15) is 11.3 Å². The molecule has 0 saturated carbocycles. The molecule has 22 heavy (non-hydrogen) atoms. The van der Waals surface area contributed by atoms with Gasteiger partial charge in [-0.05, 0) is 46.2 Å². The molecule has 3 aromatic heterocycles. The van der Waals surface area contributed by atoms with Gasteiger partial charge in [0.25, 0.3) is 0 Å². The summed E-state index contributed by atoms with van der Waals surface area (Å²) in [4.78, 5) is 5.39. The van der Waals surface area contributed by atoms with Crippen molar-refractivity contribution in [1.82, 2.24) is 9.55 Å². The molecule has 0 aliphatic carbocycles. The van der Waals surface area contributed by atoms with Crippen molar-refractivity contribution in [3.63, 3.8) is 0 Å². The number of imidazole rings is 1. The maximum Gasteiger partial charge on any atom is 0.109 e. The molecule has 4 aromatic rings. The number of hydrogen-bond acceptors (Lipinski definition) is 3. The summed E-state index contributed by atoms with van der Waals surface area (Å²) in [6.07, 6.45) is 5.62. The Morgan fingerprint density at radius 1 is 1.05 bits per heavy atom. The Hall–Kier alpha value is -1.88. The van der Waals surface area contributed by atoms with Gasteiger partial charge in [-0.25, -0.2) is 4.98 Å². The molecule has 0 aliphatic rings. The Labute approximate surface area is 141 Å². The van der Waals surface area contributed by atoms with Crippen LogP contribution in [0.15, 0.2) is 65.9 Å². The third kappa shape index (κ3) is 2.50. The number of benzene rings is 1. The fraction of sp³-hybridized carbons (Fsp3) is 0. The van der Waals surface area contributed by atoms with Crippen LogP contribution < -0.4 is 0 Å². The van der Waals surface area contributed by atoms with E-state index < -0.39 is 0 Å². The highest BCUT2D eigenvalue weighted by atomic mass is 35.5. The van der Waals surface area contributed by atoms with Crippen LogP contribution in [-0.4, -0.2) is 9.55 Å². The molecular weight excluding hydrogens is 332 g/mol. The Balaban J connectivity index is 1.88.